The molecule has 1 heterocycles. The quantitative estimate of drug-likeness (QED) is 0.836. The third-order valence-corrected chi connectivity index (χ3v) is 3.18. The van der Waals surface area contributed by atoms with E-state index in [1.54, 1.807) is 0 Å². The molecule has 0 aliphatic carbocycles. The van der Waals surface area contributed by atoms with Gasteiger partial charge in [-0.1, -0.05) is 28.1 Å². The zero-order valence-corrected chi connectivity index (χ0v) is 9.53. The second kappa shape index (κ2) is 4.43. The van der Waals surface area contributed by atoms with Crippen LogP contribution in [0.15, 0.2) is 28.7 Å². The molecule has 0 aromatic heterocycles. The van der Waals surface area contributed by atoms with Crippen molar-refractivity contribution in [2.75, 3.05) is 13.2 Å². The maximum Gasteiger partial charge on any atom is 0.0549 e. The Labute approximate surface area is 92.6 Å². The van der Waals surface area contributed by atoms with Crippen molar-refractivity contribution >= 4 is 15.9 Å². The van der Waals surface area contributed by atoms with E-state index < -0.39 is 0 Å². The summed E-state index contributed by atoms with van der Waals surface area (Å²) in [6.45, 7) is 1.54. The number of hydrogen-bond donors (Lipinski definition) is 1. The van der Waals surface area contributed by atoms with Crippen LogP contribution in [0.5, 0.6) is 0 Å². The van der Waals surface area contributed by atoms with Crippen molar-refractivity contribution in [3.8, 4) is 0 Å². The summed E-state index contributed by atoms with van der Waals surface area (Å²) in [6, 6.07) is 8.54. The van der Waals surface area contributed by atoms with E-state index in [-0.39, 0.29) is 6.04 Å². The highest BCUT2D eigenvalue weighted by atomic mass is 79.9. The molecule has 2 atom stereocenters. The van der Waals surface area contributed by atoms with Crippen LogP contribution in [0.1, 0.15) is 17.9 Å². The van der Waals surface area contributed by atoms with Gasteiger partial charge in [0.1, 0.15) is 0 Å². The molecule has 1 aliphatic heterocycles. The first-order valence-electron chi connectivity index (χ1n) is 4.86. The molecule has 0 radical (unpaired) electrons. The molecule has 2 unspecified atom stereocenters. The largest absolute Gasteiger partial charge is 0.381 e. The summed E-state index contributed by atoms with van der Waals surface area (Å²) < 4.78 is 6.56. The van der Waals surface area contributed by atoms with Crippen molar-refractivity contribution < 1.29 is 4.74 Å². The fourth-order valence-corrected chi connectivity index (χ4v) is 2.25. The topological polar surface area (TPSA) is 35.2 Å². The van der Waals surface area contributed by atoms with Gasteiger partial charge in [-0.25, -0.2) is 0 Å². The van der Waals surface area contributed by atoms with Crippen LogP contribution in [-0.2, 0) is 4.74 Å². The maximum atomic E-state index is 6.07. The fourth-order valence-electron chi connectivity index (χ4n) is 1.84. The first kappa shape index (κ1) is 10.1. The van der Waals surface area contributed by atoms with E-state index in [0.717, 1.165) is 24.1 Å². The Hall–Kier alpha value is -0.380. The molecule has 3 heteroatoms. The second-order valence-electron chi connectivity index (χ2n) is 3.69. The fraction of sp³-hybridized carbons (Fsp3) is 0.455. The number of benzene rings is 1. The Balaban J connectivity index is 2.20. The van der Waals surface area contributed by atoms with Gasteiger partial charge in [-0.15, -0.1) is 0 Å². The Morgan fingerprint density at radius 3 is 3.00 bits per heavy atom. The Morgan fingerprint density at radius 1 is 1.43 bits per heavy atom. The molecular weight excluding hydrogens is 242 g/mol. The third-order valence-electron chi connectivity index (χ3n) is 2.69. The summed E-state index contributed by atoms with van der Waals surface area (Å²) in [5.74, 6) is 0.348. The minimum Gasteiger partial charge on any atom is -0.381 e. The van der Waals surface area contributed by atoms with Crippen molar-refractivity contribution in [3.05, 3.63) is 34.3 Å². The lowest BCUT2D eigenvalue weighted by Crippen LogP contribution is -2.36. The zero-order valence-electron chi connectivity index (χ0n) is 7.95. The van der Waals surface area contributed by atoms with E-state index in [4.69, 9.17) is 10.5 Å². The number of ether oxygens (including phenoxy) is 1. The van der Waals surface area contributed by atoms with E-state index in [1.165, 1.54) is 5.56 Å². The van der Waals surface area contributed by atoms with Crippen molar-refractivity contribution in [2.24, 2.45) is 5.73 Å². The Kier molecular flexibility index (Phi) is 3.21. The molecule has 0 amide bonds. The lowest BCUT2D eigenvalue weighted by molar-refractivity contribution is 0.0691. The molecule has 1 aromatic carbocycles. The van der Waals surface area contributed by atoms with Crippen LogP contribution < -0.4 is 5.73 Å². The highest BCUT2D eigenvalue weighted by Gasteiger charge is 2.23. The molecule has 2 rings (SSSR count). The van der Waals surface area contributed by atoms with Gasteiger partial charge in [-0.05, 0) is 24.1 Å². The zero-order chi connectivity index (χ0) is 9.97. The van der Waals surface area contributed by atoms with Crippen LogP contribution >= 0.6 is 15.9 Å². The average molecular weight is 256 g/mol. The molecule has 2 nitrogen and oxygen atoms in total. The molecule has 1 aliphatic rings. The number of rotatable bonds is 1. The molecule has 1 aromatic rings. The molecule has 0 saturated carbocycles. The van der Waals surface area contributed by atoms with Crippen molar-refractivity contribution in [3.63, 3.8) is 0 Å². The highest BCUT2D eigenvalue weighted by Crippen LogP contribution is 2.26. The summed E-state index contributed by atoms with van der Waals surface area (Å²) in [5.41, 5.74) is 7.34. The van der Waals surface area contributed by atoms with Crippen molar-refractivity contribution in [1.29, 1.82) is 0 Å². The van der Waals surface area contributed by atoms with Gasteiger partial charge in [0, 0.05) is 23.0 Å². The average Bonchev–Trinajstić information content (AvgIpc) is 2.18. The normalized spacial score (nSPS) is 27.6. The van der Waals surface area contributed by atoms with Crippen LogP contribution in [0.2, 0.25) is 0 Å². The van der Waals surface area contributed by atoms with Crippen molar-refractivity contribution in [2.45, 2.75) is 18.4 Å². The summed E-state index contributed by atoms with van der Waals surface area (Å²) >= 11 is 3.47. The minimum absolute atomic E-state index is 0.234. The van der Waals surface area contributed by atoms with Gasteiger partial charge in [0.15, 0.2) is 0 Å². The second-order valence-corrected chi connectivity index (χ2v) is 4.60. The van der Waals surface area contributed by atoms with E-state index in [2.05, 4.69) is 28.1 Å². The van der Waals surface area contributed by atoms with Crippen LogP contribution in [0.25, 0.3) is 0 Å². The summed E-state index contributed by atoms with van der Waals surface area (Å²) in [4.78, 5) is 0. The summed E-state index contributed by atoms with van der Waals surface area (Å²) in [5, 5.41) is 0. The molecule has 14 heavy (non-hydrogen) atoms. The predicted molar refractivity (Wildman–Crippen MR) is 60.3 cm³/mol. The minimum atomic E-state index is 0.234. The first-order valence-corrected chi connectivity index (χ1v) is 5.65. The first-order chi connectivity index (χ1) is 6.77. The SMILES string of the molecule is NC1CCOCC1c1cccc(Br)c1. The molecule has 1 fully saturated rings. The Morgan fingerprint density at radius 2 is 2.29 bits per heavy atom. The molecule has 2 N–H and O–H groups in total. The highest BCUT2D eigenvalue weighted by molar-refractivity contribution is 9.10. The Bertz CT molecular complexity index is 316. The molecule has 76 valence electrons. The van der Waals surface area contributed by atoms with E-state index in [1.807, 2.05) is 12.1 Å². The lowest BCUT2D eigenvalue weighted by atomic mass is 9.89. The molecule has 0 bridgehead atoms. The van der Waals surface area contributed by atoms with Gasteiger partial charge >= 0.3 is 0 Å². The van der Waals surface area contributed by atoms with E-state index in [0.29, 0.717) is 5.92 Å². The summed E-state index contributed by atoms with van der Waals surface area (Å²) in [6.07, 6.45) is 0.956. The van der Waals surface area contributed by atoms with E-state index in [9.17, 15) is 0 Å². The van der Waals surface area contributed by atoms with Crippen LogP contribution in [0.4, 0.5) is 0 Å². The maximum absolute atomic E-state index is 6.07. The van der Waals surface area contributed by atoms with Gasteiger partial charge in [0.05, 0.1) is 6.61 Å². The van der Waals surface area contributed by atoms with Gasteiger partial charge < -0.3 is 10.5 Å². The number of nitrogens with two attached hydrogens (primary N) is 1. The monoisotopic (exact) mass is 255 g/mol. The van der Waals surface area contributed by atoms with Crippen LogP contribution in [0, 0.1) is 0 Å². The lowest BCUT2D eigenvalue weighted by Gasteiger charge is -2.29. The van der Waals surface area contributed by atoms with Gasteiger partial charge in [0.2, 0.25) is 0 Å². The standard InChI is InChI=1S/C11H14BrNO/c12-9-3-1-2-8(6-9)10-7-14-5-4-11(10)13/h1-3,6,10-11H,4-5,7,13H2. The van der Waals surface area contributed by atoms with Gasteiger partial charge in [-0.3, -0.25) is 0 Å². The number of halogens is 1. The van der Waals surface area contributed by atoms with Gasteiger partial charge in [0.25, 0.3) is 0 Å². The molecule has 1 saturated heterocycles. The summed E-state index contributed by atoms with van der Waals surface area (Å²) in [7, 11) is 0. The smallest absolute Gasteiger partial charge is 0.0549 e. The van der Waals surface area contributed by atoms with E-state index >= 15 is 0 Å². The predicted octanol–water partition coefficient (Wildman–Crippen LogP) is 2.28. The molecular formula is C11H14BrNO. The number of hydrogen-bond acceptors (Lipinski definition) is 2. The van der Waals surface area contributed by atoms with Crippen LogP contribution in [0.3, 0.4) is 0 Å². The third kappa shape index (κ3) is 2.16. The van der Waals surface area contributed by atoms with Crippen LogP contribution in [-0.4, -0.2) is 19.3 Å². The van der Waals surface area contributed by atoms with Crippen molar-refractivity contribution in [1.82, 2.24) is 0 Å². The molecule has 0 spiro atoms. The van der Waals surface area contributed by atoms with Gasteiger partial charge in [-0.2, -0.15) is 0 Å².